The van der Waals surface area contributed by atoms with Gasteiger partial charge in [0.05, 0.1) is 29.1 Å². The summed E-state index contributed by atoms with van der Waals surface area (Å²) in [5.74, 6) is 0.129. The van der Waals surface area contributed by atoms with Crippen molar-refractivity contribution in [3.63, 3.8) is 0 Å². The Morgan fingerprint density at radius 2 is 1.79 bits per heavy atom. The average molecular weight is 481 g/mol. The first-order valence-electron chi connectivity index (χ1n) is 10.5. The highest BCUT2D eigenvalue weighted by atomic mass is 32.2. The van der Waals surface area contributed by atoms with Crippen LogP contribution in [-0.4, -0.2) is 30.7 Å². The summed E-state index contributed by atoms with van der Waals surface area (Å²) >= 11 is 0. The molecule has 0 unspecified atom stereocenters. The van der Waals surface area contributed by atoms with Gasteiger partial charge in [0.25, 0.3) is 21.5 Å². The fourth-order valence-corrected chi connectivity index (χ4v) is 4.97. The average Bonchev–Trinajstić information content (AvgIpc) is 3.44. The molecule has 9 nitrogen and oxygen atoms in total. The van der Waals surface area contributed by atoms with Crippen LogP contribution >= 0.6 is 0 Å². The fourth-order valence-electron chi connectivity index (χ4n) is 3.68. The lowest BCUT2D eigenvalue weighted by atomic mass is 10.2. The molecule has 34 heavy (non-hydrogen) atoms. The van der Waals surface area contributed by atoms with Crippen molar-refractivity contribution in [3.05, 3.63) is 100 Å². The molecule has 0 saturated carbocycles. The molecule has 2 aromatic heterocycles. The van der Waals surface area contributed by atoms with Crippen LogP contribution in [0.5, 0.6) is 0 Å². The van der Waals surface area contributed by atoms with Crippen LogP contribution in [0, 0.1) is 6.92 Å². The van der Waals surface area contributed by atoms with E-state index in [1.54, 1.807) is 55.1 Å². The smallest absolute Gasteiger partial charge is 0.296 e. The van der Waals surface area contributed by atoms with Crippen molar-refractivity contribution < 1.29 is 17.6 Å². The van der Waals surface area contributed by atoms with Gasteiger partial charge >= 0.3 is 0 Å². The number of amides is 1. The maximum Gasteiger partial charge on any atom is 0.296 e. The predicted octanol–water partition coefficient (Wildman–Crippen LogP) is 2.83. The lowest BCUT2D eigenvalue weighted by Crippen LogP contribution is -2.32. The molecule has 0 aliphatic carbocycles. The zero-order valence-electron chi connectivity index (χ0n) is 18.9. The first kappa shape index (κ1) is 23.1. The maximum absolute atomic E-state index is 13.4. The number of sulfonamides is 1. The van der Waals surface area contributed by atoms with Crippen LogP contribution in [0.25, 0.3) is 5.69 Å². The molecule has 2 aromatic carbocycles. The third-order valence-corrected chi connectivity index (χ3v) is 7.35. The number of nitrogens with zero attached hydrogens (tertiary/aromatic N) is 3. The Hall–Kier alpha value is -4.05. The number of carbonyl (C=O) groups excluding carboxylic acids is 1. The molecule has 0 saturated heterocycles. The van der Waals surface area contributed by atoms with E-state index >= 15 is 0 Å². The van der Waals surface area contributed by atoms with Gasteiger partial charge in [-0.05, 0) is 49.4 Å². The van der Waals surface area contributed by atoms with Gasteiger partial charge in [-0.2, -0.15) is 0 Å². The molecule has 1 N–H and O–H groups in total. The molecule has 0 aliphatic rings. The highest BCUT2D eigenvalue weighted by Gasteiger charge is 2.29. The lowest BCUT2D eigenvalue weighted by Gasteiger charge is -2.18. The van der Waals surface area contributed by atoms with Gasteiger partial charge in [-0.15, -0.1) is 0 Å². The van der Waals surface area contributed by atoms with Crippen LogP contribution in [0.1, 0.15) is 21.8 Å². The molecule has 2 heterocycles. The van der Waals surface area contributed by atoms with Crippen LogP contribution in [0.3, 0.4) is 0 Å². The van der Waals surface area contributed by atoms with Gasteiger partial charge in [-0.25, -0.2) is 13.1 Å². The normalized spacial score (nSPS) is 11.4. The predicted molar refractivity (Wildman–Crippen MR) is 128 cm³/mol. The Morgan fingerprint density at radius 1 is 1.06 bits per heavy atom. The Bertz CT molecular complexity index is 1490. The SMILES string of the molecule is Cc1c(N(C)S(=O)(=O)c2cccc(C(=O)NCc3ccco3)c2)c(=O)n(-c2ccccc2)n1C. The van der Waals surface area contributed by atoms with Gasteiger partial charge < -0.3 is 9.73 Å². The zero-order chi connectivity index (χ0) is 24.5. The zero-order valence-corrected chi connectivity index (χ0v) is 19.7. The minimum Gasteiger partial charge on any atom is -0.467 e. The summed E-state index contributed by atoms with van der Waals surface area (Å²) in [4.78, 5) is 25.7. The number of carbonyl (C=O) groups is 1. The third-order valence-electron chi connectivity index (χ3n) is 5.60. The Labute approximate surface area is 196 Å². The summed E-state index contributed by atoms with van der Waals surface area (Å²) in [6, 6.07) is 18.1. The number of benzene rings is 2. The van der Waals surface area contributed by atoms with E-state index in [-0.39, 0.29) is 22.7 Å². The van der Waals surface area contributed by atoms with Crippen molar-refractivity contribution in [2.24, 2.45) is 7.05 Å². The second-order valence-electron chi connectivity index (χ2n) is 7.67. The van der Waals surface area contributed by atoms with Crippen LogP contribution in [0.15, 0.2) is 87.1 Å². The Morgan fingerprint density at radius 3 is 2.47 bits per heavy atom. The maximum atomic E-state index is 13.4. The standard InChI is InChI=1S/C24H24N4O5S/c1-17-22(24(30)28(26(17)2)19-10-5-4-6-11-19)27(3)34(31,32)21-13-7-9-18(15-21)23(29)25-16-20-12-8-14-33-20/h4-15H,16H2,1-3H3,(H,25,29). The number of hydrogen-bond donors (Lipinski definition) is 1. The molecular weight excluding hydrogens is 456 g/mol. The van der Waals surface area contributed by atoms with Crippen LogP contribution in [0.4, 0.5) is 5.69 Å². The minimum absolute atomic E-state index is 0.0269. The van der Waals surface area contributed by atoms with Gasteiger partial charge in [0.15, 0.2) is 0 Å². The van der Waals surface area contributed by atoms with E-state index in [4.69, 9.17) is 4.42 Å². The summed E-state index contributed by atoms with van der Waals surface area (Å²) in [6.45, 7) is 1.85. The van der Waals surface area contributed by atoms with E-state index < -0.39 is 21.5 Å². The Balaban J connectivity index is 1.66. The molecular formula is C24H24N4O5S. The number of aromatic nitrogens is 2. The number of rotatable bonds is 7. The lowest BCUT2D eigenvalue weighted by molar-refractivity contribution is 0.0948. The van der Waals surface area contributed by atoms with Crippen molar-refractivity contribution in [2.45, 2.75) is 18.4 Å². The van der Waals surface area contributed by atoms with Crippen molar-refractivity contribution in [1.29, 1.82) is 0 Å². The molecule has 4 rings (SSSR count). The molecule has 4 aromatic rings. The molecule has 0 atom stereocenters. The van der Waals surface area contributed by atoms with E-state index in [2.05, 4.69) is 5.32 Å². The molecule has 10 heteroatoms. The molecule has 0 fully saturated rings. The summed E-state index contributed by atoms with van der Waals surface area (Å²) in [6.07, 6.45) is 1.50. The van der Waals surface area contributed by atoms with Gasteiger partial charge in [0.1, 0.15) is 11.4 Å². The number of furan rings is 1. The molecule has 0 spiro atoms. The molecule has 1 amide bonds. The van der Waals surface area contributed by atoms with E-state index in [1.165, 1.54) is 42.3 Å². The topological polar surface area (TPSA) is 107 Å². The quantitative estimate of drug-likeness (QED) is 0.438. The third kappa shape index (κ3) is 4.15. The van der Waals surface area contributed by atoms with Gasteiger partial charge in [0.2, 0.25) is 0 Å². The van der Waals surface area contributed by atoms with Crippen molar-refractivity contribution in [2.75, 3.05) is 11.4 Å². The van der Waals surface area contributed by atoms with E-state index in [0.29, 0.717) is 17.1 Å². The minimum atomic E-state index is -4.13. The van der Waals surface area contributed by atoms with Crippen LogP contribution in [0.2, 0.25) is 0 Å². The largest absolute Gasteiger partial charge is 0.467 e. The van der Waals surface area contributed by atoms with Crippen molar-refractivity contribution in [1.82, 2.24) is 14.7 Å². The van der Waals surface area contributed by atoms with E-state index in [9.17, 15) is 18.0 Å². The molecule has 0 aliphatic heterocycles. The fraction of sp³-hybridized carbons (Fsp3) is 0.167. The molecule has 0 radical (unpaired) electrons. The van der Waals surface area contributed by atoms with E-state index in [0.717, 1.165) is 4.31 Å². The first-order valence-corrected chi connectivity index (χ1v) is 11.9. The summed E-state index contributed by atoms with van der Waals surface area (Å²) in [5, 5.41) is 2.69. The highest BCUT2D eigenvalue weighted by Crippen LogP contribution is 2.24. The summed E-state index contributed by atoms with van der Waals surface area (Å²) < 4.78 is 36.0. The monoisotopic (exact) mass is 480 g/mol. The molecule has 176 valence electrons. The van der Waals surface area contributed by atoms with Gasteiger partial charge in [0, 0.05) is 19.7 Å². The van der Waals surface area contributed by atoms with Gasteiger partial charge in [-0.3, -0.25) is 18.6 Å². The van der Waals surface area contributed by atoms with Gasteiger partial charge in [-0.1, -0.05) is 24.3 Å². The first-order chi connectivity index (χ1) is 16.2. The van der Waals surface area contributed by atoms with E-state index in [1.807, 2.05) is 6.07 Å². The summed E-state index contributed by atoms with van der Waals surface area (Å²) in [7, 11) is -1.11. The van der Waals surface area contributed by atoms with Crippen LogP contribution < -0.4 is 15.2 Å². The summed E-state index contributed by atoms with van der Waals surface area (Å²) in [5.41, 5.74) is 0.828. The number of para-hydroxylation sites is 1. The Kier molecular flexibility index (Phi) is 6.16. The molecule has 0 bridgehead atoms. The number of hydrogen-bond acceptors (Lipinski definition) is 5. The highest BCUT2D eigenvalue weighted by molar-refractivity contribution is 7.92. The van der Waals surface area contributed by atoms with Crippen molar-refractivity contribution in [3.8, 4) is 5.69 Å². The number of nitrogens with one attached hydrogen (secondary N) is 1. The second kappa shape index (κ2) is 9.06. The van der Waals surface area contributed by atoms with Crippen LogP contribution in [-0.2, 0) is 23.6 Å². The van der Waals surface area contributed by atoms with Crippen molar-refractivity contribution >= 4 is 21.6 Å². The second-order valence-corrected chi connectivity index (χ2v) is 9.64. The number of anilines is 1.